The molecule has 1 amide bonds. The molecule has 1 unspecified atom stereocenters. The van der Waals surface area contributed by atoms with E-state index >= 15 is 0 Å². The third-order valence-corrected chi connectivity index (χ3v) is 6.61. The van der Waals surface area contributed by atoms with Crippen molar-refractivity contribution in [2.75, 3.05) is 19.4 Å². The van der Waals surface area contributed by atoms with Crippen LogP contribution in [0.5, 0.6) is 5.75 Å². The molecule has 0 spiro atoms. The van der Waals surface area contributed by atoms with Crippen molar-refractivity contribution in [1.82, 2.24) is 9.88 Å². The molecule has 150 valence electrons. The summed E-state index contributed by atoms with van der Waals surface area (Å²) in [4.78, 5) is 28.9. The SMILES string of the molecule is COc1ccc(C(N)[C@H]2CCC(=O)N2CCSc2nc(C(=O)O)cs2)cc1F. The Hall–Kier alpha value is -2.17. The van der Waals surface area contributed by atoms with Crippen LogP contribution < -0.4 is 10.5 Å². The van der Waals surface area contributed by atoms with Gasteiger partial charge < -0.3 is 20.5 Å². The molecule has 10 heteroatoms. The highest BCUT2D eigenvalue weighted by Crippen LogP contribution is 2.31. The number of aromatic nitrogens is 1. The molecular weight excluding hydrogens is 405 g/mol. The molecule has 2 atom stereocenters. The molecule has 2 aromatic rings. The van der Waals surface area contributed by atoms with Crippen molar-refractivity contribution >= 4 is 35.0 Å². The van der Waals surface area contributed by atoms with E-state index in [4.69, 9.17) is 15.6 Å². The number of nitrogens with zero attached hydrogens (tertiary/aromatic N) is 2. The molecule has 3 rings (SSSR count). The van der Waals surface area contributed by atoms with Crippen LogP contribution in [0.3, 0.4) is 0 Å². The van der Waals surface area contributed by atoms with E-state index in [0.717, 1.165) is 0 Å². The Bertz CT molecular complexity index is 876. The Balaban J connectivity index is 1.63. The minimum Gasteiger partial charge on any atom is -0.494 e. The van der Waals surface area contributed by atoms with Crippen molar-refractivity contribution in [3.8, 4) is 5.75 Å². The zero-order valence-corrected chi connectivity index (χ0v) is 16.8. The molecule has 1 aromatic carbocycles. The summed E-state index contributed by atoms with van der Waals surface area (Å²) < 4.78 is 19.6. The zero-order chi connectivity index (χ0) is 20.3. The van der Waals surface area contributed by atoms with E-state index in [9.17, 15) is 14.0 Å². The number of carboxylic acids is 1. The largest absolute Gasteiger partial charge is 0.494 e. The fourth-order valence-corrected chi connectivity index (χ4v) is 4.99. The molecule has 1 fully saturated rings. The van der Waals surface area contributed by atoms with Crippen molar-refractivity contribution in [1.29, 1.82) is 0 Å². The third-order valence-electron chi connectivity index (χ3n) is 4.61. The second-order valence-electron chi connectivity index (χ2n) is 6.27. The highest BCUT2D eigenvalue weighted by Gasteiger charge is 2.35. The number of amides is 1. The summed E-state index contributed by atoms with van der Waals surface area (Å²) in [5, 5.41) is 10.4. The predicted octanol–water partition coefficient (Wildman–Crippen LogP) is 2.77. The van der Waals surface area contributed by atoms with E-state index < -0.39 is 17.8 Å². The molecule has 7 nitrogen and oxygen atoms in total. The second kappa shape index (κ2) is 8.89. The molecule has 0 saturated carbocycles. The van der Waals surface area contributed by atoms with Crippen LogP contribution in [0.4, 0.5) is 4.39 Å². The molecule has 1 aliphatic rings. The molecule has 1 aromatic heterocycles. The quantitative estimate of drug-likeness (QED) is 0.627. The number of thiazole rings is 1. The van der Waals surface area contributed by atoms with E-state index in [1.807, 2.05) is 0 Å². The van der Waals surface area contributed by atoms with Gasteiger partial charge >= 0.3 is 5.97 Å². The number of rotatable bonds is 8. The zero-order valence-electron chi connectivity index (χ0n) is 15.1. The average Bonchev–Trinajstić information content (AvgIpc) is 3.29. The number of benzene rings is 1. The number of halogens is 1. The van der Waals surface area contributed by atoms with Crippen LogP contribution in [-0.2, 0) is 4.79 Å². The maximum absolute atomic E-state index is 14.0. The number of likely N-dealkylation sites (tertiary alicyclic amines) is 1. The Morgan fingerprint density at radius 2 is 2.36 bits per heavy atom. The van der Waals surface area contributed by atoms with Crippen LogP contribution >= 0.6 is 23.1 Å². The number of hydrogen-bond donors (Lipinski definition) is 2. The van der Waals surface area contributed by atoms with Gasteiger partial charge in [0.25, 0.3) is 0 Å². The summed E-state index contributed by atoms with van der Waals surface area (Å²) in [6, 6.07) is 3.87. The summed E-state index contributed by atoms with van der Waals surface area (Å²) in [5.74, 6) is -0.815. The number of carboxylic acid groups (broad SMARTS) is 1. The fraction of sp³-hybridized carbons (Fsp3) is 0.389. The van der Waals surface area contributed by atoms with Gasteiger partial charge in [-0.15, -0.1) is 11.3 Å². The average molecular weight is 426 g/mol. The number of nitrogens with two attached hydrogens (primary N) is 1. The minimum atomic E-state index is -1.06. The fourth-order valence-electron chi connectivity index (χ4n) is 3.18. The summed E-state index contributed by atoms with van der Waals surface area (Å²) in [6.45, 7) is 0.461. The molecule has 0 radical (unpaired) electrons. The van der Waals surface area contributed by atoms with Crippen LogP contribution in [0.2, 0.25) is 0 Å². The lowest BCUT2D eigenvalue weighted by atomic mass is 9.98. The molecule has 0 bridgehead atoms. The second-order valence-corrected chi connectivity index (χ2v) is 8.47. The van der Waals surface area contributed by atoms with Crippen LogP contribution in [0.15, 0.2) is 27.9 Å². The van der Waals surface area contributed by atoms with Gasteiger partial charge in [0.2, 0.25) is 5.91 Å². The lowest BCUT2D eigenvalue weighted by Crippen LogP contribution is -2.41. The molecule has 3 N–H and O–H groups in total. The van der Waals surface area contributed by atoms with E-state index in [1.165, 1.54) is 47.7 Å². The number of carbonyl (C=O) groups excluding carboxylic acids is 1. The van der Waals surface area contributed by atoms with Gasteiger partial charge in [0.05, 0.1) is 19.2 Å². The first-order chi connectivity index (χ1) is 13.4. The van der Waals surface area contributed by atoms with E-state index in [-0.39, 0.29) is 23.4 Å². The van der Waals surface area contributed by atoms with Gasteiger partial charge in [-0.1, -0.05) is 17.8 Å². The molecule has 1 aliphatic heterocycles. The predicted molar refractivity (Wildman–Crippen MR) is 104 cm³/mol. The first-order valence-electron chi connectivity index (χ1n) is 8.60. The summed E-state index contributed by atoms with van der Waals surface area (Å²) >= 11 is 2.66. The highest BCUT2D eigenvalue weighted by atomic mass is 32.2. The third kappa shape index (κ3) is 4.45. The molecule has 2 heterocycles. The maximum Gasteiger partial charge on any atom is 0.355 e. The van der Waals surface area contributed by atoms with Gasteiger partial charge in [-0.3, -0.25) is 4.79 Å². The van der Waals surface area contributed by atoms with Gasteiger partial charge in [0.1, 0.15) is 0 Å². The van der Waals surface area contributed by atoms with Crippen molar-refractivity contribution in [2.45, 2.75) is 29.3 Å². The van der Waals surface area contributed by atoms with Crippen molar-refractivity contribution < 1.29 is 23.8 Å². The van der Waals surface area contributed by atoms with Crippen LogP contribution in [0.1, 0.15) is 34.9 Å². The maximum atomic E-state index is 14.0. The number of carbonyl (C=O) groups is 2. The van der Waals surface area contributed by atoms with Crippen molar-refractivity contribution in [2.24, 2.45) is 5.73 Å². The first-order valence-corrected chi connectivity index (χ1v) is 10.5. The lowest BCUT2D eigenvalue weighted by Gasteiger charge is -2.29. The van der Waals surface area contributed by atoms with Crippen molar-refractivity contribution in [3.63, 3.8) is 0 Å². The number of thioether (sulfide) groups is 1. The number of methoxy groups -OCH3 is 1. The van der Waals surface area contributed by atoms with Crippen LogP contribution in [0, 0.1) is 5.82 Å². The van der Waals surface area contributed by atoms with Crippen LogP contribution in [0.25, 0.3) is 0 Å². The summed E-state index contributed by atoms with van der Waals surface area (Å²) in [5.41, 5.74) is 6.98. The van der Waals surface area contributed by atoms with Gasteiger partial charge in [-0.2, -0.15) is 0 Å². The normalized spacial score (nSPS) is 17.8. The summed E-state index contributed by atoms with van der Waals surface area (Å²) in [6.07, 6.45) is 1.01. The van der Waals surface area contributed by atoms with Gasteiger partial charge in [-0.05, 0) is 24.1 Å². The first kappa shape index (κ1) is 20.6. The number of aromatic carboxylic acids is 1. The van der Waals surface area contributed by atoms with Gasteiger partial charge in [-0.25, -0.2) is 14.2 Å². The van der Waals surface area contributed by atoms with Gasteiger partial charge in [0.15, 0.2) is 21.6 Å². The summed E-state index contributed by atoms with van der Waals surface area (Å²) in [7, 11) is 1.40. The lowest BCUT2D eigenvalue weighted by molar-refractivity contribution is -0.128. The minimum absolute atomic E-state index is 0.0143. The molecule has 1 saturated heterocycles. The Kier molecular flexibility index (Phi) is 6.53. The monoisotopic (exact) mass is 425 g/mol. The highest BCUT2D eigenvalue weighted by molar-refractivity contribution is 8.01. The Morgan fingerprint density at radius 1 is 1.57 bits per heavy atom. The Labute approximate surface area is 169 Å². The Morgan fingerprint density at radius 3 is 3.00 bits per heavy atom. The standard InChI is InChI=1S/C18H20FN3O4S2/c1-26-14-4-2-10(8-11(14)19)16(20)13-3-5-15(23)22(13)6-7-27-18-21-12(9-28-18)17(24)25/h2,4,8-9,13,16H,3,5-7,20H2,1H3,(H,24,25)/t13-,16?/m1/s1. The van der Waals surface area contributed by atoms with Crippen LogP contribution in [-0.4, -0.2) is 52.3 Å². The smallest absolute Gasteiger partial charge is 0.355 e. The van der Waals surface area contributed by atoms with Gasteiger partial charge in [0, 0.05) is 24.1 Å². The van der Waals surface area contributed by atoms with Crippen molar-refractivity contribution in [3.05, 3.63) is 40.7 Å². The van der Waals surface area contributed by atoms with E-state index in [1.54, 1.807) is 11.0 Å². The molecule has 0 aliphatic carbocycles. The molecular formula is C18H20FN3O4S2. The van der Waals surface area contributed by atoms with E-state index in [2.05, 4.69) is 4.98 Å². The topological polar surface area (TPSA) is 106 Å². The van der Waals surface area contributed by atoms with E-state index in [0.29, 0.717) is 35.0 Å². The molecule has 28 heavy (non-hydrogen) atoms. The number of ether oxygens (including phenoxy) is 1. The number of hydrogen-bond acceptors (Lipinski definition) is 7.